The van der Waals surface area contributed by atoms with Crippen LogP contribution in [0.5, 0.6) is 0 Å². The first-order valence-corrected chi connectivity index (χ1v) is 12.1. The number of rotatable bonds is 7. The molecule has 1 aromatic heterocycles. The lowest BCUT2D eigenvalue weighted by atomic mass is 9.99. The minimum Gasteiger partial charge on any atom is -0.469 e. The molecule has 2 atom stereocenters. The van der Waals surface area contributed by atoms with Crippen LogP contribution in [0, 0.1) is 25.6 Å². The van der Waals surface area contributed by atoms with E-state index in [9.17, 15) is 23.6 Å². The second-order valence-corrected chi connectivity index (χ2v) is 9.42. The Morgan fingerprint density at radius 2 is 1.94 bits per heavy atom. The van der Waals surface area contributed by atoms with Crippen molar-refractivity contribution in [2.75, 3.05) is 18.4 Å². The van der Waals surface area contributed by atoms with Crippen molar-refractivity contribution in [1.29, 1.82) is 0 Å². The number of benzene rings is 1. The second kappa shape index (κ2) is 11.9. The van der Waals surface area contributed by atoms with Crippen LogP contribution in [-0.4, -0.2) is 53.7 Å². The van der Waals surface area contributed by atoms with E-state index in [0.29, 0.717) is 29.9 Å². The molecule has 1 aliphatic rings. The molecule has 1 fully saturated rings. The fourth-order valence-corrected chi connectivity index (χ4v) is 4.32. The highest BCUT2D eigenvalue weighted by molar-refractivity contribution is 6.08. The van der Waals surface area contributed by atoms with Crippen LogP contribution in [0.3, 0.4) is 0 Å². The van der Waals surface area contributed by atoms with Crippen molar-refractivity contribution >= 4 is 29.3 Å². The van der Waals surface area contributed by atoms with Gasteiger partial charge >= 0.3 is 6.03 Å². The Morgan fingerprint density at radius 3 is 2.58 bits per heavy atom. The number of aryl methyl sites for hydroxylation is 2. The van der Waals surface area contributed by atoms with E-state index in [1.807, 2.05) is 13.8 Å². The molecule has 0 saturated carbocycles. The predicted octanol–water partition coefficient (Wildman–Crippen LogP) is 3.56. The van der Waals surface area contributed by atoms with Crippen LogP contribution in [0.1, 0.15) is 54.8 Å². The number of imide groups is 1. The molecule has 0 aliphatic carbocycles. The highest BCUT2D eigenvalue weighted by Gasteiger charge is 2.39. The van der Waals surface area contributed by atoms with Crippen molar-refractivity contribution < 1.29 is 28.0 Å². The number of Topliss-reactive ketones (excluding diaryl/α,β-unsaturated/α-hetero) is 1. The smallest absolute Gasteiger partial charge is 0.329 e. The third kappa shape index (κ3) is 6.37. The molecular formula is C26H33FN4O5. The van der Waals surface area contributed by atoms with Gasteiger partial charge in [-0.05, 0) is 57.7 Å². The summed E-state index contributed by atoms with van der Waals surface area (Å²) in [6, 6.07) is 2.49. The SMILES string of the molecule is Cc1coc(C)c1C(=O)NC(CC(C)C)C(=O)N(C(=O)Nc1ccccc1F)[C@H]1CCCNCC1=O. The number of hydrogen-bond acceptors (Lipinski definition) is 6. The van der Waals surface area contributed by atoms with Crippen molar-refractivity contribution in [2.24, 2.45) is 5.92 Å². The minimum absolute atomic E-state index is 0.00393. The largest absolute Gasteiger partial charge is 0.469 e. The Morgan fingerprint density at radius 1 is 1.22 bits per heavy atom. The predicted molar refractivity (Wildman–Crippen MR) is 132 cm³/mol. The van der Waals surface area contributed by atoms with E-state index in [-0.39, 0.29) is 36.8 Å². The molecule has 1 unspecified atom stereocenters. The lowest BCUT2D eigenvalue weighted by Crippen LogP contribution is -2.58. The molecule has 2 aromatic rings. The number of carbonyl (C=O) groups excluding carboxylic acids is 4. The fourth-order valence-electron chi connectivity index (χ4n) is 4.32. The minimum atomic E-state index is -1.10. The van der Waals surface area contributed by atoms with Gasteiger partial charge in [0.2, 0.25) is 0 Å². The van der Waals surface area contributed by atoms with Gasteiger partial charge in [0, 0.05) is 5.56 Å². The highest BCUT2D eigenvalue weighted by atomic mass is 19.1. The topological polar surface area (TPSA) is 121 Å². The Balaban J connectivity index is 1.96. The van der Waals surface area contributed by atoms with Gasteiger partial charge in [-0.1, -0.05) is 26.0 Å². The van der Waals surface area contributed by atoms with E-state index in [4.69, 9.17) is 4.42 Å². The molecule has 1 aromatic carbocycles. The van der Waals surface area contributed by atoms with Crippen LogP contribution in [-0.2, 0) is 9.59 Å². The molecule has 9 nitrogen and oxygen atoms in total. The lowest BCUT2D eigenvalue weighted by molar-refractivity contribution is -0.137. The van der Waals surface area contributed by atoms with E-state index in [1.165, 1.54) is 24.5 Å². The standard InChI is InChI=1S/C26H33FN4O5/c1-15(2)12-20(29-24(33)23-16(3)14-36-17(23)4)25(34)31(21-10-7-11-28-13-22(21)32)26(35)30-19-9-6-5-8-18(19)27/h5-6,8-9,14-15,20-21,28H,7,10-13H2,1-4H3,(H,29,33)(H,30,35)/t20?,21-/m0/s1. The van der Waals surface area contributed by atoms with Gasteiger partial charge in [0.15, 0.2) is 5.78 Å². The summed E-state index contributed by atoms with van der Waals surface area (Å²) in [5.74, 6) is -1.87. The molecule has 1 aliphatic heterocycles. The van der Waals surface area contributed by atoms with Gasteiger partial charge in [0.05, 0.1) is 24.1 Å². The van der Waals surface area contributed by atoms with E-state index < -0.39 is 35.7 Å². The van der Waals surface area contributed by atoms with Gasteiger partial charge in [0.1, 0.15) is 23.7 Å². The zero-order chi connectivity index (χ0) is 26.4. The fraction of sp³-hybridized carbons (Fsp3) is 0.462. The monoisotopic (exact) mass is 500 g/mol. The molecule has 0 radical (unpaired) electrons. The molecule has 36 heavy (non-hydrogen) atoms. The first-order valence-electron chi connectivity index (χ1n) is 12.1. The van der Waals surface area contributed by atoms with E-state index in [1.54, 1.807) is 19.9 Å². The van der Waals surface area contributed by atoms with E-state index >= 15 is 0 Å². The number of nitrogens with zero attached hydrogens (tertiary/aromatic N) is 1. The van der Waals surface area contributed by atoms with Gasteiger partial charge < -0.3 is 20.4 Å². The summed E-state index contributed by atoms with van der Waals surface area (Å²) in [7, 11) is 0. The summed E-state index contributed by atoms with van der Waals surface area (Å²) in [6.45, 7) is 7.68. The molecule has 10 heteroatoms. The second-order valence-electron chi connectivity index (χ2n) is 9.42. The zero-order valence-corrected chi connectivity index (χ0v) is 21.0. The van der Waals surface area contributed by atoms with Crippen molar-refractivity contribution in [3.63, 3.8) is 0 Å². The summed E-state index contributed by atoms with van der Waals surface area (Å²) in [5, 5.41) is 8.15. The first kappa shape index (κ1) is 27.1. The van der Waals surface area contributed by atoms with Gasteiger partial charge in [0.25, 0.3) is 11.8 Å². The number of halogens is 1. The molecule has 2 heterocycles. The van der Waals surface area contributed by atoms with E-state index in [2.05, 4.69) is 16.0 Å². The summed E-state index contributed by atoms with van der Waals surface area (Å²) < 4.78 is 19.6. The normalized spacial score (nSPS) is 16.8. The molecule has 3 N–H and O–H groups in total. The van der Waals surface area contributed by atoms with Crippen molar-refractivity contribution in [3.05, 3.63) is 53.2 Å². The number of ketones is 1. The van der Waals surface area contributed by atoms with Gasteiger partial charge in [-0.2, -0.15) is 0 Å². The average molecular weight is 501 g/mol. The Labute approximate surface area is 209 Å². The van der Waals surface area contributed by atoms with Gasteiger partial charge in [-0.3, -0.25) is 19.3 Å². The maximum atomic E-state index is 14.3. The maximum absolute atomic E-state index is 14.3. The molecule has 4 amide bonds. The van der Waals surface area contributed by atoms with E-state index in [0.717, 1.165) is 4.90 Å². The Hall–Kier alpha value is -3.53. The number of furan rings is 1. The zero-order valence-electron chi connectivity index (χ0n) is 21.0. The summed E-state index contributed by atoms with van der Waals surface area (Å²) in [6.07, 6.45) is 2.49. The summed E-state index contributed by atoms with van der Waals surface area (Å²) >= 11 is 0. The number of carbonyl (C=O) groups is 4. The first-order chi connectivity index (χ1) is 17.1. The van der Waals surface area contributed by atoms with Crippen LogP contribution >= 0.6 is 0 Å². The number of anilines is 1. The lowest BCUT2D eigenvalue weighted by Gasteiger charge is -2.32. The Bertz CT molecular complexity index is 1110. The summed E-state index contributed by atoms with van der Waals surface area (Å²) in [4.78, 5) is 54.2. The van der Waals surface area contributed by atoms with Crippen LogP contribution in [0.25, 0.3) is 0 Å². The quantitative estimate of drug-likeness (QED) is 0.535. The molecule has 1 saturated heterocycles. The van der Waals surface area contributed by atoms with Crippen molar-refractivity contribution in [1.82, 2.24) is 15.5 Å². The maximum Gasteiger partial charge on any atom is 0.329 e. The number of hydrogen-bond donors (Lipinski definition) is 3. The molecule has 0 bridgehead atoms. The summed E-state index contributed by atoms with van der Waals surface area (Å²) in [5.41, 5.74) is 0.808. The Kier molecular flexibility index (Phi) is 8.98. The van der Waals surface area contributed by atoms with Crippen LogP contribution in [0.15, 0.2) is 34.9 Å². The van der Waals surface area contributed by atoms with Gasteiger partial charge in [-0.15, -0.1) is 0 Å². The number of nitrogens with one attached hydrogen (secondary N) is 3. The van der Waals surface area contributed by atoms with Crippen LogP contribution in [0.2, 0.25) is 0 Å². The third-order valence-electron chi connectivity index (χ3n) is 6.08. The molecule has 0 spiro atoms. The highest BCUT2D eigenvalue weighted by Crippen LogP contribution is 2.21. The number of urea groups is 1. The van der Waals surface area contributed by atoms with Crippen LogP contribution in [0.4, 0.5) is 14.9 Å². The molecule has 194 valence electrons. The number of para-hydroxylation sites is 1. The molecular weight excluding hydrogens is 467 g/mol. The van der Waals surface area contributed by atoms with Crippen LogP contribution < -0.4 is 16.0 Å². The van der Waals surface area contributed by atoms with Crippen molar-refractivity contribution in [2.45, 2.75) is 59.0 Å². The van der Waals surface area contributed by atoms with Crippen molar-refractivity contribution in [3.8, 4) is 0 Å². The third-order valence-corrected chi connectivity index (χ3v) is 6.08. The average Bonchev–Trinajstić information content (AvgIpc) is 3.01. The van der Waals surface area contributed by atoms with Gasteiger partial charge in [-0.25, -0.2) is 9.18 Å². The number of amides is 4. The molecule has 3 rings (SSSR count).